The molecule has 0 radical (unpaired) electrons. The fraction of sp³-hybridized carbons (Fsp3) is 0.200. The zero-order valence-electron chi connectivity index (χ0n) is 17.2. The van der Waals surface area contributed by atoms with Crippen LogP contribution in [-0.4, -0.2) is 17.9 Å². The predicted octanol–water partition coefficient (Wildman–Crippen LogP) is 5.01. The van der Waals surface area contributed by atoms with Crippen LogP contribution >= 0.6 is 11.6 Å². The van der Waals surface area contributed by atoms with Crippen LogP contribution in [0, 0.1) is 19.8 Å². The summed E-state index contributed by atoms with van der Waals surface area (Å²) in [5.41, 5.74) is 4.05. The van der Waals surface area contributed by atoms with Gasteiger partial charge in [0.25, 0.3) is 5.91 Å². The van der Waals surface area contributed by atoms with Crippen molar-refractivity contribution in [2.45, 2.75) is 26.0 Å². The predicted molar refractivity (Wildman–Crippen MR) is 120 cm³/mol. The molecule has 3 unspecified atom stereocenters. The second kappa shape index (κ2) is 7.52. The van der Waals surface area contributed by atoms with Crippen LogP contribution in [0.15, 0.2) is 72.8 Å². The Morgan fingerprint density at radius 2 is 1.55 bits per heavy atom. The summed E-state index contributed by atoms with van der Waals surface area (Å²) in [5.74, 6) is -1.30. The molecule has 0 aromatic heterocycles. The zero-order valence-corrected chi connectivity index (χ0v) is 17.9. The van der Waals surface area contributed by atoms with Crippen molar-refractivity contribution in [3.8, 4) is 0 Å². The average Bonchev–Trinajstić information content (AvgIpc) is 3.28. The maximum atomic E-state index is 13.6. The van der Waals surface area contributed by atoms with Crippen LogP contribution in [0.3, 0.4) is 0 Å². The molecule has 0 bridgehead atoms. The molecule has 3 atom stereocenters. The molecule has 2 saturated heterocycles. The van der Waals surface area contributed by atoms with Gasteiger partial charge in [0.1, 0.15) is 5.92 Å². The van der Waals surface area contributed by atoms with E-state index in [2.05, 4.69) is 0 Å². The molecule has 5 nitrogen and oxygen atoms in total. The number of carbonyl (C=O) groups is 2. The van der Waals surface area contributed by atoms with Gasteiger partial charge in [-0.05, 0) is 49.2 Å². The van der Waals surface area contributed by atoms with Gasteiger partial charge < -0.3 is 0 Å². The van der Waals surface area contributed by atoms with Crippen LogP contribution < -0.4 is 9.96 Å². The van der Waals surface area contributed by atoms with Crippen molar-refractivity contribution < 1.29 is 14.4 Å². The summed E-state index contributed by atoms with van der Waals surface area (Å²) in [5, 5.41) is 2.22. The Balaban J connectivity index is 1.60. The lowest BCUT2D eigenvalue weighted by Gasteiger charge is -2.29. The molecule has 2 aliphatic heterocycles. The molecule has 2 fully saturated rings. The van der Waals surface area contributed by atoms with Gasteiger partial charge in [-0.3, -0.25) is 14.4 Å². The zero-order chi connectivity index (χ0) is 21.7. The normalized spacial score (nSPS) is 22.9. The van der Waals surface area contributed by atoms with Crippen LogP contribution in [0.2, 0.25) is 5.02 Å². The molecule has 0 N–H and O–H groups in total. The summed E-state index contributed by atoms with van der Waals surface area (Å²) >= 11 is 6.26. The average molecular weight is 433 g/mol. The fourth-order valence-electron chi connectivity index (χ4n) is 4.39. The summed E-state index contributed by atoms with van der Waals surface area (Å²) in [6.07, 6.45) is -0.891. The first-order valence-electron chi connectivity index (χ1n) is 10.2. The van der Waals surface area contributed by atoms with Crippen LogP contribution in [0.25, 0.3) is 0 Å². The molecule has 6 heteroatoms. The quantitative estimate of drug-likeness (QED) is 0.546. The van der Waals surface area contributed by atoms with Crippen molar-refractivity contribution in [1.82, 2.24) is 0 Å². The summed E-state index contributed by atoms with van der Waals surface area (Å²) in [6, 6.07) is 22.4. The molecule has 2 heterocycles. The van der Waals surface area contributed by atoms with E-state index in [-0.39, 0.29) is 11.8 Å². The number of nitrogens with zero attached hydrogens (tertiary/aromatic N) is 2. The Morgan fingerprint density at radius 3 is 2.26 bits per heavy atom. The summed E-state index contributed by atoms with van der Waals surface area (Å²) in [4.78, 5) is 34.4. The van der Waals surface area contributed by atoms with Crippen LogP contribution in [0.1, 0.15) is 22.7 Å². The second-order valence-electron chi connectivity index (χ2n) is 7.96. The number of hydroxylamine groups is 1. The largest absolute Gasteiger partial charge is 0.273 e. The molecule has 0 spiro atoms. The van der Waals surface area contributed by atoms with Gasteiger partial charge in [-0.25, -0.2) is 9.96 Å². The number of aryl methyl sites for hydroxylation is 1. The minimum atomic E-state index is -0.891. The molecular formula is C25H21ClN2O3. The highest BCUT2D eigenvalue weighted by molar-refractivity contribution is 6.32. The molecule has 2 aliphatic rings. The van der Waals surface area contributed by atoms with Crippen LogP contribution in [0.5, 0.6) is 0 Å². The van der Waals surface area contributed by atoms with E-state index in [0.717, 1.165) is 16.8 Å². The van der Waals surface area contributed by atoms with Crippen molar-refractivity contribution in [2.75, 3.05) is 9.96 Å². The number of para-hydroxylation sites is 1. The SMILES string of the molecule is Cc1ccc(C2C3C(=O)N(c4cccc(Cl)c4C)C(=O)C3ON2c2ccccc2)cc1. The van der Waals surface area contributed by atoms with E-state index in [9.17, 15) is 9.59 Å². The van der Waals surface area contributed by atoms with Gasteiger partial charge in [-0.2, -0.15) is 0 Å². The highest BCUT2D eigenvalue weighted by Crippen LogP contribution is 2.48. The monoisotopic (exact) mass is 432 g/mol. The Hall–Kier alpha value is -3.15. The number of halogens is 1. The lowest BCUT2D eigenvalue weighted by molar-refractivity contribution is -0.126. The topological polar surface area (TPSA) is 49.9 Å². The van der Waals surface area contributed by atoms with Crippen molar-refractivity contribution in [3.63, 3.8) is 0 Å². The number of fused-ring (bicyclic) bond motifs is 1. The molecular weight excluding hydrogens is 412 g/mol. The van der Waals surface area contributed by atoms with E-state index in [1.807, 2.05) is 61.5 Å². The summed E-state index contributed by atoms with van der Waals surface area (Å²) in [6.45, 7) is 3.82. The minimum absolute atomic E-state index is 0.274. The van der Waals surface area contributed by atoms with Gasteiger partial charge in [-0.1, -0.05) is 65.7 Å². The second-order valence-corrected chi connectivity index (χ2v) is 8.37. The summed E-state index contributed by atoms with van der Waals surface area (Å²) < 4.78 is 0. The summed E-state index contributed by atoms with van der Waals surface area (Å²) in [7, 11) is 0. The molecule has 3 aromatic rings. The number of rotatable bonds is 3. The van der Waals surface area contributed by atoms with Crippen molar-refractivity contribution in [3.05, 3.63) is 94.5 Å². The maximum Gasteiger partial charge on any atom is 0.266 e. The third-order valence-electron chi connectivity index (χ3n) is 6.02. The molecule has 3 aromatic carbocycles. The Labute approximate surface area is 185 Å². The van der Waals surface area contributed by atoms with Crippen molar-refractivity contribution in [1.29, 1.82) is 0 Å². The van der Waals surface area contributed by atoms with E-state index >= 15 is 0 Å². The Morgan fingerprint density at radius 1 is 0.839 bits per heavy atom. The number of amides is 2. The minimum Gasteiger partial charge on any atom is -0.273 e. The third kappa shape index (κ3) is 3.12. The molecule has 0 saturated carbocycles. The van der Waals surface area contributed by atoms with Crippen LogP contribution in [-0.2, 0) is 14.4 Å². The number of anilines is 2. The van der Waals surface area contributed by atoms with Gasteiger partial charge in [0.05, 0.1) is 17.4 Å². The first kappa shape index (κ1) is 19.8. The van der Waals surface area contributed by atoms with E-state index in [1.54, 1.807) is 30.2 Å². The lowest BCUT2D eigenvalue weighted by Crippen LogP contribution is -2.37. The fourth-order valence-corrected chi connectivity index (χ4v) is 4.56. The highest BCUT2D eigenvalue weighted by atomic mass is 35.5. The van der Waals surface area contributed by atoms with Gasteiger partial charge >= 0.3 is 0 Å². The van der Waals surface area contributed by atoms with Crippen molar-refractivity contribution in [2.24, 2.45) is 5.92 Å². The van der Waals surface area contributed by atoms with Crippen molar-refractivity contribution >= 4 is 34.8 Å². The van der Waals surface area contributed by atoms with E-state index in [0.29, 0.717) is 16.3 Å². The number of imide groups is 1. The van der Waals surface area contributed by atoms with Crippen LogP contribution in [0.4, 0.5) is 11.4 Å². The third-order valence-corrected chi connectivity index (χ3v) is 6.43. The standard InChI is InChI=1S/C25H21ClN2O3/c1-15-11-13-17(14-12-15)22-21-23(31-28(22)18-7-4-3-5-8-18)25(30)27(24(21)29)20-10-6-9-19(26)16(20)2/h3-14,21-23H,1-2H3. The van der Waals surface area contributed by atoms with Gasteiger partial charge in [0.15, 0.2) is 6.10 Å². The smallest absolute Gasteiger partial charge is 0.266 e. The molecule has 5 rings (SSSR count). The molecule has 156 valence electrons. The van der Waals surface area contributed by atoms with Gasteiger partial charge in [0, 0.05) is 5.02 Å². The number of benzene rings is 3. The maximum absolute atomic E-state index is 13.6. The van der Waals surface area contributed by atoms with Gasteiger partial charge in [-0.15, -0.1) is 0 Å². The van der Waals surface area contributed by atoms with E-state index in [1.165, 1.54) is 4.90 Å². The molecule has 2 amide bonds. The highest BCUT2D eigenvalue weighted by Gasteiger charge is 2.60. The first-order valence-corrected chi connectivity index (χ1v) is 10.6. The lowest BCUT2D eigenvalue weighted by atomic mass is 9.90. The number of hydrogen-bond donors (Lipinski definition) is 0. The molecule has 0 aliphatic carbocycles. The van der Waals surface area contributed by atoms with E-state index < -0.39 is 18.1 Å². The molecule has 31 heavy (non-hydrogen) atoms. The Kier molecular flexibility index (Phi) is 4.80. The first-order chi connectivity index (χ1) is 15.0. The Bertz CT molecular complexity index is 1160. The van der Waals surface area contributed by atoms with Gasteiger partial charge in [0.2, 0.25) is 5.91 Å². The number of carbonyl (C=O) groups excluding carboxylic acids is 2. The number of hydrogen-bond acceptors (Lipinski definition) is 4. The van der Waals surface area contributed by atoms with E-state index in [4.69, 9.17) is 16.4 Å².